The van der Waals surface area contributed by atoms with E-state index in [9.17, 15) is 4.79 Å². The first kappa shape index (κ1) is 12.8. The van der Waals surface area contributed by atoms with E-state index in [1.54, 1.807) is 18.0 Å². The highest BCUT2D eigenvalue weighted by molar-refractivity contribution is 6.06. The summed E-state index contributed by atoms with van der Waals surface area (Å²) in [6.45, 7) is 1.95. The Morgan fingerprint density at radius 3 is 2.74 bits per heavy atom. The molecule has 0 aliphatic heterocycles. The summed E-state index contributed by atoms with van der Waals surface area (Å²) in [7, 11) is 1.72. The zero-order valence-corrected chi connectivity index (χ0v) is 10.8. The third kappa shape index (κ3) is 2.61. The van der Waals surface area contributed by atoms with Crippen molar-refractivity contribution in [3.05, 3.63) is 59.4 Å². The molecular formula is C15H13N3O. The SMILES string of the molecule is Cc1ccccc1N(C)C(=O)c1ccnc(C#N)c1. The van der Waals surface area contributed by atoms with Crippen molar-refractivity contribution in [2.75, 3.05) is 11.9 Å². The normalized spacial score (nSPS) is 9.74. The first-order chi connectivity index (χ1) is 9.13. The number of carbonyl (C=O) groups is 1. The summed E-state index contributed by atoms with van der Waals surface area (Å²) in [5, 5.41) is 8.81. The number of rotatable bonds is 2. The second-order valence-corrected chi connectivity index (χ2v) is 4.19. The number of hydrogen-bond acceptors (Lipinski definition) is 3. The van der Waals surface area contributed by atoms with Gasteiger partial charge in [-0.05, 0) is 30.7 Å². The fraction of sp³-hybridized carbons (Fsp3) is 0.133. The molecule has 4 heteroatoms. The van der Waals surface area contributed by atoms with Gasteiger partial charge in [-0.1, -0.05) is 18.2 Å². The lowest BCUT2D eigenvalue weighted by Crippen LogP contribution is -2.27. The lowest BCUT2D eigenvalue weighted by atomic mass is 10.1. The van der Waals surface area contributed by atoms with E-state index >= 15 is 0 Å². The molecule has 1 aromatic carbocycles. The standard InChI is InChI=1S/C15H13N3O/c1-11-5-3-4-6-14(11)18(2)15(19)12-7-8-17-13(9-12)10-16/h3-9H,1-2H3. The number of amides is 1. The lowest BCUT2D eigenvalue weighted by molar-refractivity contribution is 0.0992. The second-order valence-electron chi connectivity index (χ2n) is 4.19. The van der Waals surface area contributed by atoms with Crippen LogP contribution < -0.4 is 4.90 Å². The lowest BCUT2D eigenvalue weighted by Gasteiger charge is -2.19. The van der Waals surface area contributed by atoms with Crippen LogP contribution in [-0.4, -0.2) is 17.9 Å². The van der Waals surface area contributed by atoms with Crippen LogP contribution in [-0.2, 0) is 0 Å². The fourth-order valence-electron chi connectivity index (χ4n) is 1.87. The number of aromatic nitrogens is 1. The number of nitrogens with zero attached hydrogens (tertiary/aromatic N) is 3. The highest BCUT2D eigenvalue weighted by Gasteiger charge is 2.15. The van der Waals surface area contributed by atoms with Gasteiger partial charge in [-0.25, -0.2) is 4.98 Å². The van der Waals surface area contributed by atoms with Gasteiger partial charge in [0, 0.05) is 24.5 Å². The van der Waals surface area contributed by atoms with E-state index in [-0.39, 0.29) is 11.6 Å². The van der Waals surface area contributed by atoms with Crippen molar-refractivity contribution in [3.63, 3.8) is 0 Å². The summed E-state index contributed by atoms with van der Waals surface area (Å²) < 4.78 is 0. The van der Waals surface area contributed by atoms with Gasteiger partial charge in [0.05, 0.1) is 0 Å². The molecule has 0 N–H and O–H groups in total. The van der Waals surface area contributed by atoms with Crippen LogP contribution in [0.25, 0.3) is 0 Å². The van der Waals surface area contributed by atoms with E-state index < -0.39 is 0 Å². The largest absolute Gasteiger partial charge is 0.311 e. The first-order valence-electron chi connectivity index (χ1n) is 5.83. The average Bonchev–Trinajstić information content (AvgIpc) is 2.46. The number of pyridine rings is 1. The summed E-state index contributed by atoms with van der Waals surface area (Å²) in [5.74, 6) is -0.159. The van der Waals surface area contributed by atoms with Gasteiger partial charge in [-0.3, -0.25) is 4.79 Å². The van der Waals surface area contributed by atoms with Crippen LogP contribution in [0.2, 0.25) is 0 Å². The molecule has 0 saturated carbocycles. The number of hydrogen-bond donors (Lipinski definition) is 0. The van der Waals surface area contributed by atoms with Crippen molar-refractivity contribution in [3.8, 4) is 6.07 Å². The Morgan fingerprint density at radius 1 is 1.32 bits per heavy atom. The van der Waals surface area contributed by atoms with Crippen molar-refractivity contribution < 1.29 is 4.79 Å². The monoisotopic (exact) mass is 251 g/mol. The highest BCUT2D eigenvalue weighted by atomic mass is 16.2. The second kappa shape index (κ2) is 5.32. The van der Waals surface area contributed by atoms with Crippen LogP contribution in [0.4, 0.5) is 5.69 Å². The van der Waals surface area contributed by atoms with Gasteiger partial charge in [-0.2, -0.15) is 5.26 Å². The molecule has 0 aliphatic rings. The number of benzene rings is 1. The summed E-state index contributed by atoms with van der Waals surface area (Å²) in [6, 6.07) is 12.7. The third-order valence-electron chi connectivity index (χ3n) is 2.90. The topological polar surface area (TPSA) is 57.0 Å². The van der Waals surface area contributed by atoms with Crippen molar-refractivity contribution in [2.45, 2.75) is 6.92 Å². The van der Waals surface area contributed by atoms with Crippen molar-refractivity contribution >= 4 is 11.6 Å². The fourth-order valence-corrected chi connectivity index (χ4v) is 1.87. The smallest absolute Gasteiger partial charge is 0.258 e. The zero-order chi connectivity index (χ0) is 13.8. The van der Waals surface area contributed by atoms with E-state index in [2.05, 4.69) is 4.98 Å². The van der Waals surface area contributed by atoms with Gasteiger partial charge < -0.3 is 4.90 Å². The van der Waals surface area contributed by atoms with Crippen LogP contribution in [0.3, 0.4) is 0 Å². The Kier molecular flexibility index (Phi) is 3.58. The van der Waals surface area contributed by atoms with Crippen molar-refractivity contribution in [2.24, 2.45) is 0 Å². The van der Waals surface area contributed by atoms with E-state index in [1.807, 2.05) is 37.3 Å². The molecule has 0 fully saturated rings. The van der Waals surface area contributed by atoms with Crippen LogP contribution in [0.1, 0.15) is 21.6 Å². The summed E-state index contributed by atoms with van der Waals surface area (Å²) in [6.07, 6.45) is 1.47. The molecule has 0 bridgehead atoms. The average molecular weight is 251 g/mol. The number of aryl methyl sites for hydroxylation is 1. The summed E-state index contributed by atoms with van der Waals surface area (Å²) >= 11 is 0. The summed E-state index contributed by atoms with van der Waals surface area (Å²) in [4.78, 5) is 17.8. The maximum absolute atomic E-state index is 12.4. The van der Waals surface area contributed by atoms with Gasteiger partial charge in [0.1, 0.15) is 11.8 Å². The minimum absolute atomic E-state index is 0.159. The van der Waals surface area contributed by atoms with Gasteiger partial charge in [0.15, 0.2) is 0 Å². The molecule has 2 aromatic rings. The number of para-hydroxylation sites is 1. The minimum Gasteiger partial charge on any atom is -0.311 e. The molecule has 0 radical (unpaired) electrons. The molecule has 1 amide bonds. The predicted molar refractivity (Wildman–Crippen MR) is 72.9 cm³/mol. The highest BCUT2D eigenvalue weighted by Crippen LogP contribution is 2.19. The molecule has 0 aliphatic carbocycles. The molecule has 1 heterocycles. The molecule has 19 heavy (non-hydrogen) atoms. The quantitative estimate of drug-likeness (QED) is 0.824. The molecule has 94 valence electrons. The Bertz CT molecular complexity index is 658. The maximum Gasteiger partial charge on any atom is 0.258 e. The van der Waals surface area contributed by atoms with E-state index in [4.69, 9.17) is 5.26 Å². The zero-order valence-electron chi connectivity index (χ0n) is 10.8. The van der Waals surface area contributed by atoms with E-state index in [0.717, 1.165) is 11.3 Å². The van der Waals surface area contributed by atoms with Gasteiger partial charge in [0.25, 0.3) is 5.91 Å². The van der Waals surface area contributed by atoms with Gasteiger partial charge in [0.2, 0.25) is 0 Å². The van der Waals surface area contributed by atoms with Crippen molar-refractivity contribution in [1.82, 2.24) is 4.98 Å². The first-order valence-corrected chi connectivity index (χ1v) is 5.83. The van der Waals surface area contributed by atoms with Crippen LogP contribution in [0, 0.1) is 18.3 Å². The number of anilines is 1. The molecule has 0 unspecified atom stereocenters. The van der Waals surface area contributed by atoms with Gasteiger partial charge >= 0.3 is 0 Å². The van der Waals surface area contributed by atoms with Crippen LogP contribution >= 0.6 is 0 Å². The maximum atomic E-state index is 12.4. The third-order valence-corrected chi connectivity index (χ3v) is 2.90. The molecule has 4 nitrogen and oxygen atoms in total. The predicted octanol–water partition coefficient (Wildman–Crippen LogP) is 2.54. The van der Waals surface area contributed by atoms with E-state index in [0.29, 0.717) is 5.56 Å². The Balaban J connectivity index is 2.34. The summed E-state index contributed by atoms with van der Waals surface area (Å²) in [5.41, 5.74) is 2.57. The van der Waals surface area contributed by atoms with Gasteiger partial charge in [-0.15, -0.1) is 0 Å². The number of carbonyl (C=O) groups excluding carboxylic acids is 1. The molecular weight excluding hydrogens is 238 g/mol. The molecule has 0 spiro atoms. The van der Waals surface area contributed by atoms with E-state index in [1.165, 1.54) is 12.3 Å². The number of nitriles is 1. The molecule has 1 aromatic heterocycles. The molecule has 0 saturated heterocycles. The minimum atomic E-state index is -0.159. The van der Waals surface area contributed by atoms with Crippen LogP contribution in [0.15, 0.2) is 42.6 Å². The Morgan fingerprint density at radius 2 is 2.05 bits per heavy atom. The molecule has 0 atom stereocenters. The van der Waals surface area contributed by atoms with Crippen LogP contribution in [0.5, 0.6) is 0 Å². The molecule has 2 rings (SSSR count). The Labute approximate surface area is 111 Å². The Hall–Kier alpha value is -2.67. The van der Waals surface area contributed by atoms with Crippen molar-refractivity contribution in [1.29, 1.82) is 5.26 Å².